The second kappa shape index (κ2) is 2.36. The Morgan fingerprint density at radius 3 is 2.78 bits per heavy atom. The molecular weight excluding hydrogens is 145 g/mol. The van der Waals surface area contributed by atoms with E-state index in [4.69, 9.17) is 10.6 Å². The molecule has 1 fully saturated rings. The van der Waals surface area contributed by atoms with Crippen LogP contribution in [0.2, 0.25) is 0 Å². The van der Waals surface area contributed by atoms with Crippen LogP contribution < -0.4 is 5.73 Å². The van der Waals surface area contributed by atoms with Crippen LogP contribution in [0, 0.1) is 0 Å². The first-order chi connectivity index (χ1) is 4.10. The van der Waals surface area contributed by atoms with Gasteiger partial charge in [0.1, 0.15) is 6.23 Å². The van der Waals surface area contributed by atoms with Crippen LogP contribution in [0.3, 0.4) is 0 Å². The van der Waals surface area contributed by atoms with Gasteiger partial charge in [-0.05, 0) is 0 Å². The molecular formula is C3H8NO4P. The Kier molecular flexibility index (Phi) is 1.88. The second-order valence-corrected chi connectivity index (χ2v) is 3.14. The molecule has 0 bridgehead atoms. The van der Waals surface area contributed by atoms with Crippen LogP contribution in [0.25, 0.3) is 0 Å². The molecule has 3 N–H and O–H groups in total. The minimum atomic E-state index is -3.77. The van der Waals surface area contributed by atoms with Gasteiger partial charge in [0.05, 0.1) is 6.61 Å². The monoisotopic (exact) mass is 153 g/mol. The summed E-state index contributed by atoms with van der Waals surface area (Å²) < 4.78 is 19.2. The fourth-order valence-corrected chi connectivity index (χ4v) is 1.38. The molecule has 0 aromatic carbocycles. The number of hydrogen-bond donors (Lipinski definition) is 2. The lowest BCUT2D eigenvalue weighted by atomic mass is 10.4. The Bertz CT molecular complexity index is 149. The fourth-order valence-electron chi connectivity index (χ4n) is 0.538. The Hall–Kier alpha value is 0.0700. The molecule has 0 saturated carbocycles. The lowest BCUT2D eigenvalue weighted by Crippen LogP contribution is -2.28. The SMILES string of the molecule is NC1CCOP(=O)(O)O1. The average molecular weight is 153 g/mol. The maximum Gasteiger partial charge on any atom is 0.473 e. The van der Waals surface area contributed by atoms with Crippen LogP contribution in [0.1, 0.15) is 6.42 Å². The Balaban J connectivity index is 2.51. The first-order valence-electron chi connectivity index (χ1n) is 2.51. The third kappa shape index (κ3) is 2.04. The van der Waals surface area contributed by atoms with Crippen LogP contribution in [-0.2, 0) is 13.6 Å². The number of phosphoric acid groups is 1. The molecule has 2 atom stereocenters. The third-order valence-electron chi connectivity index (χ3n) is 0.925. The van der Waals surface area contributed by atoms with E-state index in [-0.39, 0.29) is 6.61 Å². The molecule has 5 nitrogen and oxygen atoms in total. The molecule has 0 radical (unpaired) electrons. The summed E-state index contributed by atoms with van der Waals surface area (Å²) in [4.78, 5) is 8.58. The summed E-state index contributed by atoms with van der Waals surface area (Å²) >= 11 is 0. The van der Waals surface area contributed by atoms with Crippen molar-refractivity contribution in [2.24, 2.45) is 5.73 Å². The van der Waals surface area contributed by atoms with E-state index in [0.29, 0.717) is 6.42 Å². The van der Waals surface area contributed by atoms with Gasteiger partial charge >= 0.3 is 7.82 Å². The molecule has 1 aliphatic heterocycles. The summed E-state index contributed by atoms with van der Waals surface area (Å²) in [6, 6.07) is 0. The molecule has 2 unspecified atom stereocenters. The van der Waals surface area contributed by atoms with E-state index in [1.807, 2.05) is 0 Å². The smallest absolute Gasteiger partial charge is 0.306 e. The Labute approximate surface area is 52.4 Å². The van der Waals surface area contributed by atoms with Crippen molar-refractivity contribution in [2.45, 2.75) is 12.6 Å². The van der Waals surface area contributed by atoms with E-state index in [0.717, 1.165) is 0 Å². The van der Waals surface area contributed by atoms with Crippen LogP contribution in [0.5, 0.6) is 0 Å². The highest BCUT2D eigenvalue weighted by Gasteiger charge is 2.29. The average Bonchev–Trinajstić information content (AvgIpc) is 1.60. The molecule has 6 heteroatoms. The van der Waals surface area contributed by atoms with Gasteiger partial charge in [-0.3, -0.25) is 9.05 Å². The Morgan fingerprint density at radius 2 is 2.44 bits per heavy atom. The standard InChI is InChI=1S/C3H8NO4P/c4-3-1-2-7-9(5,6)8-3/h3H,1-2,4H2,(H,5,6). The predicted molar refractivity (Wildman–Crippen MR) is 29.5 cm³/mol. The molecule has 1 saturated heterocycles. The number of rotatable bonds is 0. The second-order valence-electron chi connectivity index (χ2n) is 1.73. The molecule has 0 spiro atoms. The van der Waals surface area contributed by atoms with Gasteiger partial charge in [0.25, 0.3) is 0 Å². The molecule has 0 aromatic rings. The van der Waals surface area contributed by atoms with Gasteiger partial charge in [-0.2, -0.15) is 0 Å². The van der Waals surface area contributed by atoms with Crippen molar-refractivity contribution in [3.63, 3.8) is 0 Å². The molecule has 1 heterocycles. The van der Waals surface area contributed by atoms with Gasteiger partial charge in [0.15, 0.2) is 0 Å². The van der Waals surface area contributed by atoms with Crippen molar-refractivity contribution < 1.29 is 18.5 Å². The van der Waals surface area contributed by atoms with E-state index < -0.39 is 14.1 Å². The number of nitrogens with two attached hydrogens (primary N) is 1. The molecule has 54 valence electrons. The van der Waals surface area contributed by atoms with E-state index in [1.54, 1.807) is 0 Å². The van der Waals surface area contributed by atoms with Crippen molar-refractivity contribution >= 4 is 7.82 Å². The van der Waals surface area contributed by atoms with Crippen molar-refractivity contribution in [2.75, 3.05) is 6.61 Å². The Morgan fingerprint density at radius 1 is 1.78 bits per heavy atom. The number of hydrogen-bond acceptors (Lipinski definition) is 4. The summed E-state index contributed by atoms with van der Waals surface area (Å²) in [6.45, 7) is 0.189. The highest BCUT2D eigenvalue weighted by Crippen LogP contribution is 2.46. The molecule has 0 amide bonds. The first-order valence-corrected chi connectivity index (χ1v) is 4.01. The molecule has 9 heavy (non-hydrogen) atoms. The highest BCUT2D eigenvalue weighted by molar-refractivity contribution is 7.47. The topological polar surface area (TPSA) is 81.8 Å². The normalized spacial score (nSPS) is 44.9. The summed E-state index contributed by atoms with van der Waals surface area (Å²) in [7, 11) is -3.77. The van der Waals surface area contributed by atoms with Gasteiger partial charge in [-0.15, -0.1) is 0 Å². The van der Waals surface area contributed by atoms with Crippen LogP contribution in [0.15, 0.2) is 0 Å². The lowest BCUT2D eigenvalue weighted by Gasteiger charge is -2.22. The van der Waals surface area contributed by atoms with Gasteiger partial charge < -0.3 is 10.6 Å². The zero-order valence-corrected chi connectivity index (χ0v) is 5.58. The van der Waals surface area contributed by atoms with Gasteiger partial charge in [-0.25, -0.2) is 4.57 Å². The highest BCUT2D eigenvalue weighted by atomic mass is 31.2. The summed E-state index contributed by atoms with van der Waals surface area (Å²) in [5.74, 6) is 0. The molecule has 0 aromatic heterocycles. The quantitative estimate of drug-likeness (QED) is 0.471. The van der Waals surface area contributed by atoms with E-state index >= 15 is 0 Å². The van der Waals surface area contributed by atoms with Crippen LogP contribution >= 0.6 is 7.82 Å². The van der Waals surface area contributed by atoms with Crippen LogP contribution in [0.4, 0.5) is 0 Å². The zero-order chi connectivity index (χ0) is 6.91. The maximum absolute atomic E-state index is 10.5. The minimum Gasteiger partial charge on any atom is -0.306 e. The van der Waals surface area contributed by atoms with Gasteiger partial charge in [0, 0.05) is 6.42 Å². The van der Waals surface area contributed by atoms with Crippen molar-refractivity contribution in [3.8, 4) is 0 Å². The van der Waals surface area contributed by atoms with E-state index in [2.05, 4.69) is 9.05 Å². The summed E-state index contributed by atoms with van der Waals surface area (Å²) in [5, 5.41) is 0. The molecule has 0 aliphatic carbocycles. The predicted octanol–water partition coefficient (Wildman–Crippen LogP) is -0.192. The van der Waals surface area contributed by atoms with Crippen molar-refractivity contribution in [1.29, 1.82) is 0 Å². The van der Waals surface area contributed by atoms with Gasteiger partial charge in [0.2, 0.25) is 0 Å². The maximum atomic E-state index is 10.5. The fraction of sp³-hybridized carbons (Fsp3) is 1.00. The van der Waals surface area contributed by atoms with Crippen molar-refractivity contribution in [3.05, 3.63) is 0 Å². The summed E-state index contributed by atoms with van der Waals surface area (Å²) in [6.07, 6.45) is -0.195. The molecule has 1 rings (SSSR count). The van der Waals surface area contributed by atoms with Gasteiger partial charge in [-0.1, -0.05) is 0 Å². The number of phosphoric ester groups is 1. The zero-order valence-electron chi connectivity index (χ0n) is 4.69. The van der Waals surface area contributed by atoms with Crippen LogP contribution in [-0.4, -0.2) is 17.7 Å². The lowest BCUT2D eigenvalue weighted by molar-refractivity contribution is 0.0508. The first kappa shape index (κ1) is 7.18. The molecule has 1 aliphatic rings. The third-order valence-corrected chi connectivity index (χ3v) is 1.97. The van der Waals surface area contributed by atoms with E-state index in [9.17, 15) is 4.57 Å². The van der Waals surface area contributed by atoms with E-state index in [1.165, 1.54) is 0 Å². The summed E-state index contributed by atoms with van der Waals surface area (Å²) in [5.41, 5.74) is 5.18. The minimum absolute atomic E-state index is 0.189. The van der Waals surface area contributed by atoms with Crippen molar-refractivity contribution in [1.82, 2.24) is 0 Å². The largest absolute Gasteiger partial charge is 0.473 e.